The second-order valence-corrected chi connectivity index (χ2v) is 5.15. The molecule has 0 spiro atoms. The van der Waals surface area contributed by atoms with E-state index < -0.39 is 12.0 Å². The number of anilines is 1. The molecule has 0 fully saturated rings. The van der Waals surface area contributed by atoms with Crippen molar-refractivity contribution in [2.45, 2.75) is 26.3 Å². The maximum atomic E-state index is 11.9. The highest BCUT2D eigenvalue weighted by molar-refractivity contribution is 5.94. The number of hydrogen-bond donors (Lipinski definition) is 3. The summed E-state index contributed by atoms with van der Waals surface area (Å²) in [5.41, 5.74) is 0.558. The Morgan fingerprint density at radius 3 is 2.52 bits per heavy atom. The highest BCUT2D eigenvalue weighted by atomic mass is 16.5. The summed E-state index contributed by atoms with van der Waals surface area (Å²) in [6.07, 6.45) is 0.470. The van der Waals surface area contributed by atoms with Crippen LogP contribution >= 0.6 is 0 Å². The van der Waals surface area contributed by atoms with E-state index in [-0.39, 0.29) is 18.4 Å². The lowest BCUT2D eigenvalue weighted by Crippen LogP contribution is -2.42. The minimum atomic E-state index is -0.950. The molecule has 6 nitrogen and oxygen atoms in total. The van der Waals surface area contributed by atoms with Crippen LogP contribution in [0, 0.1) is 5.92 Å². The number of para-hydroxylation sites is 2. The Morgan fingerprint density at radius 1 is 1.29 bits per heavy atom. The molecule has 21 heavy (non-hydrogen) atoms. The monoisotopic (exact) mass is 294 g/mol. The van der Waals surface area contributed by atoms with Gasteiger partial charge in [0.05, 0.1) is 19.3 Å². The summed E-state index contributed by atoms with van der Waals surface area (Å²) >= 11 is 0. The van der Waals surface area contributed by atoms with Crippen molar-refractivity contribution in [1.29, 1.82) is 0 Å². The number of rotatable bonds is 8. The SMILES string of the molecule is COc1ccccc1NC(=O)CNC(CC(C)C)C(=O)O. The van der Waals surface area contributed by atoms with Gasteiger partial charge in [0.15, 0.2) is 0 Å². The lowest BCUT2D eigenvalue weighted by atomic mass is 10.0. The van der Waals surface area contributed by atoms with E-state index in [0.717, 1.165) is 0 Å². The van der Waals surface area contributed by atoms with Crippen molar-refractivity contribution >= 4 is 17.6 Å². The standard InChI is InChI=1S/C15H22N2O4/c1-10(2)8-12(15(19)20)16-9-14(18)17-11-6-4-5-7-13(11)21-3/h4-7,10,12,16H,8-9H2,1-3H3,(H,17,18)(H,19,20). The minimum Gasteiger partial charge on any atom is -0.495 e. The average molecular weight is 294 g/mol. The molecule has 0 saturated carbocycles. The molecular weight excluding hydrogens is 272 g/mol. The number of amides is 1. The van der Waals surface area contributed by atoms with Gasteiger partial charge in [-0.25, -0.2) is 0 Å². The number of ether oxygens (including phenoxy) is 1. The van der Waals surface area contributed by atoms with Gasteiger partial charge < -0.3 is 15.2 Å². The molecule has 3 N–H and O–H groups in total. The predicted octanol–water partition coefficient (Wildman–Crippen LogP) is 1.72. The van der Waals surface area contributed by atoms with Crippen molar-refractivity contribution in [3.8, 4) is 5.75 Å². The Kier molecular flexibility index (Phi) is 6.68. The van der Waals surface area contributed by atoms with Crippen molar-refractivity contribution in [3.63, 3.8) is 0 Å². The van der Waals surface area contributed by atoms with Crippen LogP contribution in [0.1, 0.15) is 20.3 Å². The maximum Gasteiger partial charge on any atom is 0.320 e. The molecule has 1 aromatic rings. The summed E-state index contributed by atoms with van der Waals surface area (Å²) in [4.78, 5) is 23.0. The zero-order valence-electron chi connectivity index (χ0n) is 12.6. The molecule has 1 atom stereocenters. The van der Waals surface area contributed by atoms with Crippen molar-refractivity contribution < 1.29 is 19.4 Å². The molecule has 1 rings (SSSR count). The Bertz CT molecular complexity index is 488. The third kappa shape index (κ3) is 5.83. The Hall–Kier alpha value is -2.08. The molecule has 0 aliphatic heterocycles. The van der Waals surface area contributed by atoms with Crippen LogP contribution in [0.15, 0.2) is 24.3 Å². The van der Waals surface area contributed by atoms with Crippen LogP contribution in [0.2, 0.25) is 0 Å². The van der Waals surface area contributed by atoms with Gasteiger partial charge in [0.25, 0.3) is 0 Å². The van der Waals surface area contributed by atoms with E-state index in [1.807, 2.05) is 13.8 Å². The fourth-order valence-electron chi connectivity index (χ4n) is 1.90. The van der Waals surface area contributed by atoms with Crippen LogP contribution in [0.25, 0.3) is 0 Å². The third-order valence-corrected chi connectivity index (χ3v) is 2.90. The molecular formula is C15H22N2O4. The van der Waals surface area contributed by atoms with E-state index in [4.69, 9.17) is 9.84 Å². The molecule has 6 heteroatoms. The molecule has 0 radical (unpaired) electrons. The molecule has 1 aromatic carbocycles. The van der Waals surface area contributed by atoms with E-state index >= 15 is 0 Å². The first-order chi connectivity index (χ1) is 9.93. The van der Waals surface area contributed by atoms with Crippen LogP contribution in [0.3, 0.4) is 0 Å². The fraction of sp³-hybridized carbons (Fsp3) is 0.467. The second-order valence-electron chi connectivity index (χ2n) is 5.15. The number of aliphatic carboxylic acids is 1. The Balaban J connectivity index is 2.55. The van der Waals surface area contributed by atoms with Gasteiger partial charge in [-0.2, -0.15) is 0 Å². The quantitative estimate of drug-likeness (QED) is 0.679. The topological polar surface area (TPSA) is 87.7 Å². The van der Waals surface area contributed by atoms with Crippen LogP contribution in [-0.4, -0.2) is 36.7 Å². The van der Waals surface area contributed by atoms with Crippen LogP contribution in [0.4, 0.5) is 5.69 Å². The molecule has 116 valence electrons. The number of carbonyl (C=O) groups excluding carboxylic acids is 1. The zero-order valence-corrected chi connectivity index (χ0v) is 12.6. The van der Waals surface area contributed by atoms with Gasteiger partial charge in [0.1, 0.15) is 11.8 Å². The Morgan fingerprint density at radius 2 is 1.95 bits per heavy atom. The summed E-state index contributed by atoms with van der Waals surface area (Å²) in [5, 5.41) is 14.5. The lowest BCUT2D eigenvalue weighted by Gasteiger charge is -2.16. The number of benzene rings is 1. The highest BCUT2D eigenvalue weighted by Gasteiger charge is 2.19. The van der Waals surface area contributed by atoms with Crippen molar-refractivity contribution in [2.75, 3.05) is 19.0 Å². The smallest absolute Gasteiger partial charge is 0.320 e. The number of nitrogens with one attached hydrogen (secondary N) is 2. The average Bonchev–Trinajstić information content (AvgIpc) is 2.43. The molecule has 1 unspecified atom stereocenters. The van der Waals surface area contributed by atoms with Gasteiger partial charge in [0, 0.05) is 0 Å². The van der Waals surface area contributed by atoms with Crippen molar-refractivity contribution in [1.82, 2.24) is 5.32 Å². The molecule has 0 aliphatic rings. The molecule has 0 aromatic heterocycles. The minimum absolute atomic E-state index is 0.0677. The number of hydrogen-bond acceptors (Lipinski definition) is 4. The predicted molar refractivity (Wildman–Crippen MR) is 80.5 cm³/mol. The summed E-state index contributed by atoms with van der Waals surface area (Å²) < 4.78 is 5.13. The first-order valence-electron chi connectivity index (χ1n) is 6.83. The third-order valence-electron chi connectivity index (χ3n) is 2.90. The van der Waals surface area contributed by atoms with Gasteiger partial charge in [0.2, 0.25) is 5.91 Å². The van der Waals surface area contributed by atoms with E-state index in [9.17, 15) is 9.59 Å². The summed E-state index contributed by atoms with van der Waals surface area (Å²) in [5.74, 6) is -0.470. The fourth-order valence-corrected chi connectivity index (χ4v) is 1.90. The molecule has 0 aliphatic carbocycles. The molecule has 0 saturated heterocycles. The van der Waals surface area contributed by atoms with E-state index in [2.05, 4.69) is 10.6 Å². The van der Waals surface area contributed by atoms with Gasteiger partial charge in [-0.3, -0.25) is 14.9 Å². The van der Waals surface area contributed by atoms with E-state index in [1.54, 1.807) is 24.3 Å². The van der Waals surface area contributed by atoms with Crippen LogP contribution in [-0.2, 0) is 9.59 Å². The van der Waals surface area contributed by atoms with Gasteiger partial charge in [-0.15, -0.1) is 0 Å². The van der Waals surface area contributed by atoms with Crippen molar-refractivity contribution in [3.05, 3.63) is 24.3 Å². The van der Waals surface area contributed by atoms with E-state index in [0.29, 0.717) is 17.9 Å². The second kappa shape index (κ2) is 8.26. The lowest BCUT2D eigenvalue weighted by molar-refractivity contribution is -0.139. The Labute approximate surface area is 124 Å². The van der Waals surface area contributed by atoms with Gasteiger partial charge in [-0.05, 0) is 24.5 Å². The summed E-state index contributed by atoms with van der Waals surface area (Å²) in [7, 11) is 1.52. The molecule has 0 heterocycles. The molecule has 0 bridgehead atoms. The highest BCUT2D eigenvalue weighted by Crippen LogP contribution is 2.22. The van der Waals surface area contributed by atoms with Gasteiger partial charge in [-0.1, -0.05) is 26.0 Å². The number of carbonyl (C=O) groups is 2. The number of methoxy groups -OCH3 is 1. The van der Waals surface area contributed by atoms with Gasteiger partial charge >= 0.3 is 5.97 Å². The first kappa shape index (κ1) is 17.0. The largest absolute Gasteiger partial charge is 0.495 e. The van der Waals surface area contributed by atoms with Crippen LogP contribution < -0.4 is 15.4 Å². The first-order valence-corrected chi connectivity index (χ1v) is 6.83. The number of carboxylic acids is 1. The summed E-state index contributed by atoms with van der Waals surface area (Å²) in [6.45, 7) is 3.81. The van der Waals surface area contributed by atoms with E-state index in [1.165, 1.54) is 7.11 Å². The molecule has 1 amide bonds. The zero-order chi connectivity index (χ0) is 15.8. The maximum absolute atomic E-state index is 11.9. The normalized spacial score (nSPS) is 12.0. The number of carboxylic acid groups (broad SMARTS) is 1. The van der Waals surface area contributed by atoms with Crippen LogP contribution in [0.5, 0.6) is 5.75 Å². The van der Waals surface area contributed by atoms with Crippen molar-refractivity contribution in [2.24, 2.45) is 5.92 Å². The summed E-state index contributed by atoms with van der Waals surface area (Å²) in [6, 6.07) is 6.31.